The van der Waals surface area contributed by atoms with Gasteiger partial charge >= 0.3 is 6.03 Å². The van der Waals surface area contributed by atoms with Crippen molar-refractivity contribution in [1.82, 2.24) is 15.1 Å². The molecule has 2 aromatic carbocycles. The highest BCUT2D eigenvalue weighted by molar-refractivity contribution is 5.85. The highest BCUT2D eigenvalue weighted by Gasteiger charge is 2.35. The number of fused-ring (bicyclic) bond motifs is 1. The maximum atomic E-state index is 12.4. The summed E-state index contributed by atoms with van der Waals surface area (Å²) in [6.07, 6.45) is 2.05. The Morgan fingerprint density at radius 3 is 2.37 bits per heavy atom. The Balaban J connectivity index is 1.30. The summed E-state index contributed by atoms with van der Waals surface area (Å²) in [7, 11) is 1.66. The maximum Gasteiger partial charge on any atom is 0.317 e. The first-order valence-electron chi connectivity index (χ1n) is 9.52. The number of urea groups is 1. The summed E-state index contributed by atoms with van der Waals surface area (Å²) in [6, 6.07) is 12.0. The Bertz CT molecular complexity index is 855. The van der Waals surface area contributed by atoms with Crippen LogP contribution in [0.25, 0.3) is 10.8 Å². The molecule has 6 heteroatoms. The molecule has 1 saturated carbocycles. The Labute approximate surface area is 159 Å². The smallest absolute Gasteiger partial charge is 0.317 e. The molecule has 1 aliphatic heterocycles. The number of rotatable bonds is 4. The Morgan fingerprint density at radius 1 is 1.00 bits per heavy atom. The lowest BCUT2D eigenvalue weighted by molar-refractivity contribution is -0.133. The number of carbonyl (C=O) groups excluding carboxylic acids is 2. The number of nitrogens with zero attached hydrogens (tertiary/aromatic N) is 2. The molecule has 1 heterocycles. The molecule has 2 fully saturated rings. The van der Waals surface area contributed by atoms with Gasteiger partial charge in [0.25, 0.3) is 0 Å². The van der Waals surface area contributed by atoms with E-state index < -0.39 is 0 Å². The van der Waals surface area contributed by atoms with Crippen LogP contribution in [0.2, 0.25) is 0 Å². The van der Waals surface area contributed by atoms with Crippen molar-refractivity contribution in [1.29, 1.82) is 0 Å². The molecule has 27 heavy (non-hydrogen) atoms. The van der Waals surface area contributed by atoms with Gasteiger partial charge in [0.1, 0.15) is 5.75 Å². The van der Waals surface area contributed by atoms with E-state index in [2.05, 4.69) is 11.4 Å². The monoisotopic (exact) mass is 367 g/mol. The first-order valence-corrected chi connectivity index (χ1v) is 9.52. The largest absolute Gasteiger partial charge is 0.497 e. The number of carbonyl (C=O) groups is 2. The van der Waals surface area contributed by atoms with Crippen LogP contribution in [0.1, 0.15) is 18.4 Å². The molecule has 0 radical (unpaired) electrons. The van der Waals surface area contributed by atoms with Crippen molar-refractivity contribution in [3.8, 4) is 5.75 Å². The average molecular weight is 367 g/mol. The molecule has 2 aliphatic rings. The van der Waals surface area contributed by atoms with Gasteiger partial charge in [0.2, 0.25) is 5.91 Å². The molecule has 0 atom stereocenters. The van der Waals surface area contributed by atoms with Crippen LogP contribution in [0.3, 0.4) is 0 Å². The predicted molar refractivity (Wildman–Crippen MR) is 104 cm³/mol. The minimum atomic E-state index is -0.0663. The number of piperazine rings is 1. The molecular formula is C21H25N3O3. The number of methoxy groups -OCH3 is 1. The lowest BCUT2D eigenvalue weighted by Gasteiger charge is -2.34. The molecule has 2 aromatic rings. The van der Waals surface area contributed by atoms with Gasteiger partial charge in [-0.2, -0.15) is 0 Å². The summed E-state index contributed by atoms with van der Waals surface area (Å²) in [5.41, 5.74) is 1.06. The lowest BCUT2D eigenvalue weighted by atomic mass is 10.1. The number of nitrogens with one attached hydrogen (secondary N) is 1. The fourth-order valence-electron chi connectivity index (χ4n) is 3.52. The van der Waals surface area contributed by atoms with Gasteiger partial charge in [-0.25, -0.2) is 4.79 Å². The van der Waals surface area contributed by atoms with Crippen LogP contribution in [0.15, 0.2) is 36.4 Å². The van der Waals surface area contributed by atoms with E-state index >= 15 is 0 Å². The van der Waals surface area contributed by atoms with Crippen LogP contribution in [0.4, 0.5) is 4.79 Å². The fourth-order valence-corrected chi connectivity index (χ4v) is 3.52. The molecule has 1 saturated heterocycles. The molecule has 0 aromatic heterocycles. The molecule has 142 valence electrons. The maximum absolute atomic E-state index is 12.4. The number of ether oxygens (including phenoxy) is 1. The second-order valence-electron chi connectivity index (χ2n) is 7.29. The van der Waals surface area contributed by atoms with Gasteiger partial charge in [-0.1, -0.05) is 18.2 Å². The van der Waals surface area contributed by atoms with Crippen molar-refractivity contribution in [3.63, 3.8) is 0 Å². The van der Waals surface area contributed by atoms with Crippen LogP contribution in [0, 0.1) is 5.92 Å². The van der Waals surface area contributed by atoms with Crippen LogP contribution in [-0.4, -0.2) is 55.0 Å². The average Bonchev–Trinajstić information content (AvgIpc) is 3.56. The second-order valence-corrected chi connectivity index (χ2v) is 7.29. The molecule has 3 amide bonds. The lowest BCUT2D eigenvalue weighted by Crippen LogP contribution is -2.53. The van der Waals surface area contributed by atoms with Crippen molar-refractivity contribution >= 4 is 22.7 Å². The van der Waals surface area contributed by atoms with E-state index in [-0.39, 0.29) is 17.9 Å². The summed E-state index contributed by atoms with van der Waals surface area (Å²) in [6.45, 7) is 2.97. The zero-order chi connectivity index (χ0) is 18.8. The van der Waals surface area contributed by atoms with E-state index in [4.69, 9.17) is 4.74 Å². The van der Waals surface area contributed by atoms with Crippen molar-refractivity contribution in [2.24, 2.45) is 5.92 Å². The van der Waals surface area contributed by atoms with E-state index in [0.29, 0.717) is 32.7 Å². The Kier molecular flexibility index (Phi) is 4.88. The zero-order valence-corrected chi connectivity index (χ0v) is 15.6. The van der Waals surface area contributed by atoms with Gasteiger partial charge in [0.05, 0.1) is 7.11 Å². The van der Waals surface area contributed by atoms with Crippen LogP contribution in [-0.2, 0) is 11.3 Å². The Hall–Kier alpha value is -2.76. The molecule has 6 nitrogen and oxygen atoms in total. The first-order chi connectivity index (χ1) is 13.1. The standard InChI is InChI=1S/C21H25N3O3/c1-27-19-7-6-17-12-15(2-3-18(17)13-19)14-22-21(26)24-10-8-23(9-11-24)20(25)16-4-5-16/h2-3,6-7,12-13,16H,4-5,8-11,14H2,1H3,(H,22,26). The van der Waals surface area contributed by atoms with Gasteiger partial charge in [-0.05, 0) is 47.4 Å². The molecule has 0 spiro atoms. The van der Waals surface area contributed by atoms with Gasteiger partial charge in [-0.15, -0.1) is 0 Å². The number of hydrogen-bond acceptors (Lipinski definition) is 3. The van der Waals surface area contributed by atoms with Crippen molar-refractivity contribution in [2.45, 2.75) is 19.4 Å². The van der Waals surface area contributed by atoms with Crippen molar-refractivity contribution in [2.75, 3.05) is 33.3 Å². The summed E-state index contributed by atoms with van der Waals surface area (Å²) >= 11 is 0. The molecule has 0 bridgehead atoms. The normalized spacial score (nSPS) is 17.1. The number of benzene rings is 2. The second kappa shape index (κ2) is 7.47. The van der Waals surface area contributed by atoms with Gasteiger partial charge in [0.15, 0.2) is 0 Å². The molecule has 4 rings (SSSR count). The summed E-state index contributed by atoms with van der Waals surface area (Å²) in [4.78, 5) is 28.2. The quantitative estimate of drug-likeness (QED) is 0.904. The molecule has 1 aliphatic carbocycles. The van der Waals surface area contributed by atoms with E-state index in [9.17, 15) is 9.59 Å². The number of amides is 3. The van der Waals surface area contributed by atoms with Crippen LogP contribution < -0.4 is 10.1 Å². The minimum absolute atomic E-state index is 0.0663. The van der Waals surface area contributed by atoms with Gasteiger partial charge in [0, 0.05) is 38.6 Å². The van der Waals surface area contributed by atoms with E-state index in [0.717, 1.165) is 34.9 Å². The SMILES string of the molecule is COc1ccc2cc(CNC(=O)N3CCN(C(=O)C4CC4)CC3)ccc2c1. The highest BCUT2D eigenvalue weighted by Crippen LogP contribution is 2.31. The van der Waals surface area contributed by atoms with E-state index in [1.54, 1.807) is 12.0 Å². The Morgan fingerprint density at radius 2 is 1.67 bits per heavy atom. The summed E-state index contributed by atoms with van der Waals surface area (Å²) in [5, 5.41) is 5.23. The van der Waals surface area contributed by atoms with Crippen molar-refractivity contribution in [3.05, 3.63) is 42.0 Å². The van der Waals surface area contributed by atoms with Crippen LogP contribution in [0.5, 0.6) is 5.75 Å². The summed E-state index contributed by atoms with van der Waals surface area (Å²) < 4.78 is 5.25. The van der Waals surface area contributed by atoms with E-state index in [1.165, 1.54) is 0 Å². The van der Waals surface area contributed by atoms with E-state index in [1.807, 2.05) is 35.2 Å². The van der Waals surface area contributed by atoms with Crippen LogP contribution >= 0.6 is 0 Å². The third kappa shape index (κ3) is 3.99. The molecular weight excluding hydrogens is 342 g/mol. The predicted octanol–water partition coefficient (Wildman–Crippen LogP) is 2.61. The number of hydrogen-bond donors (Lipinski definition) is 1. The minimum Gasteiger partial charge on any atom is -0.497 e. The first kappa shape index (κ1) is 17.6. The molecule has 1 N–H and O–H groups in total. The summed E-state index contributed by atoms with van der Waals surface area (Å²) in [5.74, 6) is 1.35. The van der Waals surface area contributed by atoms with Gasteiger partial charge < -0.3 is 19.9 Å². The van der Waals surface area contributed by atoms with Gasteiger partial charge in [-0.3, -0.25) is 4.79 Å². The third-order valence-corrected chi connectivity index (χ3v) is 5.36. The molecule has 0 unspecified atom stereocenters. The van der Waals surface area contributed by atoms with Crippen molar-refractivity contribution < 1.29 is 14.3 Å². The highest BCUT2D eigenvalue weighted by atomic mass is 16.5. The topological polar surface area (TPSA) is 61.9 Å². The fraction of sp³-hybridized carbons (Fsp3) is 0.429. The third-order valence-electron chi connectivity index (χ3n) is 5.36. The zero-order valence-electron chi connectivity index (χ0n) is 15.6.